The van der Waals surface area contributed by atoms with Crippen molar-refractivity contribution >= 4 is 5.91 Å². The summed E-state index contributed by atoms with van der Waals surface area (Å²) in [7, 11) is 0. The predicted molar refractivity (Wildman–Crippen MR) is 74.1 cm³/mol. The number of nitrogens with zero attached hydrogens (tertiary/aromatic N) is 4. The van der Waals surface area contributed by atoms with Crippen molar-refractivity contribution in [2.45, 2.75) is 6.04 Å². The summed E-state index contributed by atoms with van der Waals surface area (Å²) in [5.41, 5.74) is 1.41. The molecule has 1 fully saturated rings. The van der Waals surface area contributed by atoms with Crippen LogP contribution in [-0.2, 0) is 4.74 Å². The molecule has 1 unspecified atom stereocenters. The van der Waals surface area contributed by atoms with Crippen molar-refractivity contribution in [1.82, 2.24) is 30.8 Å². The number of rotatable bonds is 4. The molecule has 1 atom stereocenters. The monoisotopic (exact) mass is 288 g/mol. The van der Waals surface area contributed by atoms with E-state index in [1.807, 2.05) is 0 Å². The van der Waals surface area contributed by atoms with Crippen LogP contribution in [0.4, 0.5) is 0 Å². The van der Waals surface area contributed by atoms with Gasteiger partial charge in [-0.15, -0.1) is 5.10 Å². The van der Waals surface area contributed by atoms with Gasteiger partial charge in [0.15, 0.2) is 0 Å². The number of hydrogen-bond acceptors (Lipinski definition) is 6. The van der Waals surface area contributed by atoms with Crippen molar-refractivity contribution in [3.8, 4) is 5.69 Å². The molecular formula is C13H16N6O2. The van der Waals surface area contributed by atoms with Gasteiger partial charge in [-0.1, -0.05) is 0 Å². The van der Waals surface area contributed by atoms with E-state index in [-0.39, 0.29) is 11.9 Å². The lowest BCUT2D eigenvalue weighted by molar-refractivity contribution is 0.0734. The van der Waals surface area contributed by atoms with Gasteiger partial charge >= 0.3 is 0 Å². The summed E-state index contributed by atoms with van der Waals surface area (Å²) < 4.78 is 6.87. The molecule has 1 aliphatic heterocycles. The van der Waals surface area contributed by atoms with Crippen LogP contribution >= 0.6 is 0 Å². The average Bonchev–Trinajstić information content (AvgIpc) is 3.08. The van der Waals surface area contributed by atoms with Crippen molar-refractivity contribution in [3.05, 3.63) is 36.2 Å². The summed E-state index contributed by atoms with van der Waals surface area (Å²) in [5, 5.41) is 17.1. The lowest BCUT2D eigenvalue weighted by Gasteiger charge is -2.23. The van der Waals surface area contributed by atoms with Gasteiger partial charge in [0.25, 0.3) is 5.91 Å². The SMILES string of the molecule is O=C(NCC1COCCN1)c1ccc(-n2cnnn2)cc1. The Morgan fingerprint density at radius 2 is 2.29 bits per heavy atom. The van der Waals surface area contributed by atoms with Gasteiger partial charge in [-0.2, -0.15) is 0 Å². The molecule has 1 aliphatic rings. The molecule has 2 N–H and O–H groups in total. The molecule has 110 valence electrons. The Morgan fingerprint density at radius 1 is 1.43 bits per heavy atom. The average molecular weight is 288 g/mol. The number of hydrogen-bond donors (Lipinski definition) is 2. The number of aromatic nitrogens is 4. The van der Waals surface area contributed by atoms with Crippen LogP contribution in [0.15, 0.2) is 30.6 Å². The lowest BCUT2D eigenvalue weighted by atomic mass is 10.2. The number of tetrazole rings is 1. The number of carbonyl (C=O) groups excluding carboxylic acids is 1. The molecule has 21 heavy (non-hydrogen) atoms. The number of benzene rings is 1. The van der Waals surface area contributed by atoms with E-state index in [1.165, 1.54) is 11.0 Å². The normalized spacial score (nSPS) is 18.4. The maximum atomic E-state index is 12.1. The summed E-state index contributed by atoms with van der Waals surface area (Å²) in [6.45, 7) is 2.72. The first-order valence-electron chi connectivity index (χ1n) is 6.76. The highest BCUT2D eigenvalue weighted by molar-refractivity contribution is 5.94. The fourth-order valence-corrected chi connectivity index (χ4v) is 2.11. The van der Waals surface area contributed by atoms with E-state index in [4.69, 9.17) is 4.74 Å². The van der Waals surface area contributed by atoms with Gasteiger partial charge in [-0.3, -0.25) is 4.79 Å². The molecule has 3 rings (SSSR count). The number of amides is 1. The molecular weight excluding hydrogens is 272 g/mol. The van der Waals surface area contributed by atoms with Crippen molar-refractivity contribution in [3.63, 3.8) is 0 Å². The molecule has 1 amide bonds. The molecule has 0 aliphatic carbocycles. The molecule has 8 nitrogen and oxygen atoms in total. The first-order valence-corrected chi connectivity index (χ1v) is 6.76. The first-order chi connectivity index (χ1) is 10.3. The summed E-state index contributed by atoms with van der Waals surface area (Å²) >= 11 is 0. The van der Waals surface area contributed by atoms with Gasteiger partial charge in [0.1, 0.15) is 6.33 Å². The second kappa shape index (κ2) is 6.42. The highest BCUT2D eigenvalue weighted by Crippen LogP contribution is 2.07. The van der Waals surface area contributed by atoms with Gasteiger partial charge in [0.2, 0.25) is 0 Å². The fourth-order valence-electron chi connectivity index (χ4n) is 2.11. The van der Waals surface area contributed by atoms with Crippen LogP contribution in [0.3, 0.4) is 0 Å². The van der Waals surface area contributed by atoms with Crippen LogP contribution in [0, 0.1) is 0 Å². The zero-order chi connectivity index (χ0) is 14.5. The molecule has 0 saturated carbocycles. The van der Waals surface area contributed by atoms with Crippen LogP contribution in [0.25, 0.3) is 5.69 Å². The van der Waals surface area contributed by atoms with E-state index in [0.717, 1.165) is 18.8 Å². The van der Waals surface area contributed by atoms with Gasteiger partial charge in [-0.25, -0.2) is 4.68 Å². The summed E-state index contributed by atoms with van der Waals surface area (Å²) in [5.74, 6) is -0.106. The maximum Gasteiger partial charge on any atom is 0.251 e. The molecule has 8 heteroatoms. The van der Waals surface area contributed by atoms with E-state index in [9.17, 15) is 4.79 Å². The topological polar surface area (TPSA) is 94.0 Å². The third kappa shape index (κ3) is 3.41. The maximum absolute atomic E-state index is 12.1. The summed E-state index contributed by atoms with van der Waals surface area (Å²) in [6, 6.07) is 7.26. The Kier molecular flexibility index (Phi) is 4.17. The third-order valence-electron chi connectivity index (χ3n) is 3.25. The predicted octanol–water partition coefficient (Wildman–Crippen LogP) is -0.619. The van der Waals surface area contributed by atoms with Gasteiger partial charge in [-0.05, 0) is 34.7 Å². The number of ether oxygens (including phenoxy) is 1. The Morgan fingerprint density at radius 3 is 2.95 bits per heavy atom. The quantitative estimate of drug-likeness (QED) is 0.779. The van der Waals surface area contributed by atoms with Gasteiger partial charge in [0, 0.05) is 24.7 Å². The largest absolute Gasteiger partial charge is 0.378 e. The van der Waals surface area contributed by atoms with Crippen LogP contribution < -0.4 is 10.6 Å². The highest BCUT2D eigenvalue weighted by atomic mass is 16.5. The molecule has 1 saturated heterocycles. The highest BCUT2D eigenvalue weighted by Gasteiger charge is 2.14. The fraction of sp³-hybridized carbons (Fsp3) is 0.385. The second-order valence-electron chi connectivity index (χ2n) is 4.74. The molecule has 1 aromatic heterocycles. The minimum atomic E-state index is -0.106. The van der Waals surface area contributed by atoms with E-state index < -0.39 is 0 Å². The minimum Gasteiger partial charge on any atom is -0.378 e. The van der Waals surface area contributed by atoms with Crippen LogP contribution in [0.5, 0.6) is 0 Å². The van der Waals surface area contributed by atoms with Crippen LogP contribution in [-0.4, -0.2) is 58.5 Å². The van der Waals surface area contributed by atoms with E-state index in [0.29, 0.717) is 18.7 Å². The van der Waals surface area contributed by atoms with Crippen LogP contribution in [0.1, 0.15) is 10.4 Å². The van der Waals surface area contributed by atoms with Crippen molar-refractivity contribution < 1.29 is 9.53 Å². The zero-order valence-electron chi connectivity index (χ0n) is 11.4. The molecule has 1 aromatic carbocycles. The number of carbonyl (C=O) groups is 1. The van der Waals surface area contributed by atoms with Crippen molar-refractivity contribution in [2.75, 3.05) is 26.3 Å². The Labute approximate surface area is 121 Å². The molecule has 0 spiro atoms. The van der Waals surface area contributed by atoms with Gasteiger partial charge < -0.3 is 15.4 Å². The standard InChI is InChI=1S/C13H16N6O2/c20-13(15-7-11-8-21-6-5-14-11)10-1-3-12(4-2-10)19-9-16-17-18-19/h1-4,9,11,14H,5-8H2,(H,15,20). The summed E-state index contributed by atoms with van der Waals surface area (Å²) in [4.78, 5) is 12.1. The lowest BCUT2D eigenvalue weighted by Crippen LogP contribution is -2.48. The Hall–Kier alpha value is -2.32. The van der Waals surface area contributed by atoms with E-state index >= 15 is 0 Å². The number of nitrogens with one attached hydrogen (secondary N) is 2. The number of morpholine rings is 1. The van der Waals surface area contributed by atoms with E-state index in [2.05, 4.69) is 26.2 Å². The second-order valence-corrected chi connectivity index (χ2v) is 4.74. The van der Waals surface area contributed by atoms with Gasteiger partial charge in [0.05, 0.1) is 18.9 Å². The minimum absolute atomic E-state index is 0.106. The Bertz CT molecular complexity index is 577. The Balaban J connectivity index is 1.57. The van der Waals surface area contributed by atoms with Crippen molar-refractivity contribution in [2.24, 2.45) is 0 Å². The molecule has 2 aromatic rings. The van der Waals surface area contributed by atoms with Crippen LogP contribution in [0.2, 0.25) is 0 Å². The molecule has 0 bridgehead atoms. The van der Waals surface area contributed by atoms with Crippen molar-refractivity contribution in [1.29, 1.82) is 0 Å². The smallest absolute Gasteiger partial charge is 0.251 e. The third-order valence-corrected chi connectivity index (χ3v) is 3.25. The molecule has 0 radical (unpaired) electrons. The zero-order valence-corrected chi connectivity index (χ0v) is 11.4. The van der Waals surface area contributed by atoms with E-state index in [1.54, 1.807) is 24.3 Å². The summed E-state index contributed by atoms with van der Waals surface area (Å²) in [6.07, 6.45) is 1.50. The molecule has 2 heterocycles. The first kappa shape index (κ1) is 13.7.